The number of rotatable bonds is 5. The summed E-state index contributed by atoms with van der Waals surface area (Å²) in [6, 6.07) is 3.12. The lowest BCUT2D eigenvalue weighted by atomic mass is 10.2. The molecule has 1 aliphatic rings. The summed E-state index contributed by atoms with van der Waals surface area (Å²) in [6.45, 7) is 3.01. The highest BCUT2D eigenvalue weighted by atomic mass is 32.2. The molecule has 1 aliphatic heterocycles. The van der Waals surface area contributed by atoms with E-state index >= 15 is 0 Å². The molecule has 0 bridgehead atoms. The predicted octanol–water partition coefficient (Wildman–Crippen LogP) is 1.05. The maximum atomic E-state index is 12.2. The Kier molecular flexibility index (Phi) is 5.30. The molecular formula is C14H20N2O4S. The molecule has 21 heavy (non-hydrogen) atoms. The minimum Gasteiger partial charge on any atom is -0.480 e. The van der Waals surface area contributed by atoms with Crippen LogP contribution in [0.2, 0.25) is 0 Å². The molecule has 1 amide bonds. The highest BCUT2D eigenvalue weighted by Crippen LogP contribution is 2.17. The van der Waals surface area contributed by atoms with Crippen LogP contribution in [0.25, 0.3) is 0 Å². The maximum Gasteiger partial charge on any atom is 0.321 e. The number of thioether (sulfide) groups is 1. The summed E-state index contributed by atoms with van der Waals surface area (Å²) in [6.07, 6.45) is 0. The normalized spacial score (nSPS) is 19.4. The standard InChI is InChI=1S/C14H20N2O4S/c1-10-3-4-11(20-10)7-15(2)13(17)8-16-5-6-21-9-12(16)14(18)19/h3-4,12H,5-9H2,1-2H3,(H,18,19). The monoisotopic (exact) mass is 312 g/mol. The number of carboxylic acid groups (broad SMARTS) is 1. The minimum atomic E-state index is -0.862. The van der Waals surface area contributed by atoms with Gasteiger partial charge in [-0.25, -0.2) is 0 Å². The van der Waals surface area contributed by atoms with Crippen molar-refractivity contribution in [3.8, 4) is 0 Å². The molecule has 0 spiro atoms. The molecule has 2 rings (SSSR count). The van der Waals surface area contributed by atoms with E-state index in [-0.39, 0.29) is 12.5 Å². The summed E-state index contributed by atoms with van der Waals surface area (Å²) < 4.78 is 5.45. The number of hydrogen-bond acceptors (Lipinski definition) is 5. The first-order valence-electron chi connectivity index (χ1n) is 6.81. The molecule has 116 valence electrons. The first-order chi connectivity index (χ1) is 9.97. The molecule has 1 atom stereocenters. The fraction of sp³-hybridized carbons (Fsp3) is 0.571. The van der Waals surface area contributed by atoms with Gasteiger partial charge in [-0.1, -0.05) is 0 Å². The average Bonchev–Trinajstić information content (AvgIpc) is 2.84. The summed E-state index contributed by atoms with van der Waals surface area (Å²) >= 11 is 1.61. The zero-order chi connectivity index (χ0) is 15.4. The Morgan fingerprint density at radius 3 is 2.90 bits per heavy atom. The van der Waals surface area contributed by atoms with Crippen LogP contribution in [0.1, 0.15) is 11.5 Å². The molecule has 1 unspecified atom stereocenters. The van der Waals surface area contributed by atoms with Crippen LogP contribution in [0.3, 0.4) is 0 Å². The topological polar surface area (TPSA) is 74.0 Å². The highest BCUT2D eigenvalue weighted by Gasteiger charge is 2.30. The van der Waals surface area contributed by atoms with Crippen LogP contribution >= 0.6 is 11.8 Å². The zero-order valence-corrected chi connectivity index (χ0v) is 13.1. The van der Waals surface area contributed by atoms with E-state index in [0.29, 0.717) is 18.8 Å². The number of carbonyl (C=O) groups is 2. The molecule has 2 heterocycles. The smallest absolute Gasteiger partial charge is 0.321 e. The van der Waals surface area contributed by atoms with Crippen molar-refractivity contribution in [1.82, 2.24) is 9.80 Å². The molecule has 0 saturated carbocycles. The number of carboxylic acids is 1. The Bertz CT molecular complexity index is 517. The van der Waals surface area contributed by atoms with Crippen LogP contribution in [-0.4, -0.2) is 64.5 Å². The van der Waals surface area contributed by atoms with Crippen molar-refractivity contribution in [2.24, 2.45) is 0 Å². The van der Waals surface area contributed by atoms with Crippen molar-refractivity contribution in [1.29, 1.82) is 0 Å². The molecular weight excluding hydrogens is 292 g/mol. The second kappa shape index (κ2) is 7.00. The van der Waals surface area contributed by atoms with Gasteiger partial charge in [-0.3, -0.25) is 14.5 Å². The van der Waals surface area contributed by atoms with Crippen LogP contribution in [0.4, 0.5) is 0 Å². The summed E-state index contributed by atoms with van der Waals surface area (Å²) in [5.74, 6) is 1.97. The molecule has 6 nitrogen and oxygen atoms in total. The number of carbonyl (C=O) groups excluding carboxylic acids is 1. The van der Waals surface area contributed by atoms with Gasteiger partial charge in [-0.2, -0.15) is 11.8 Å². The lowest BCUT2D eigenvalue weighted by molar-refractivity contribution is -0.144. The fourth-order valence-electron chi connectivity index (χ4n) is 2.24. The fourth-order valence-corrected chi connectivity index (χ4v) is 3.35. The van der Waals surface area contributed by atoms with E-state index in [1.165, 1.54) is 0 Å². The SMILES string of the molecule is Cc1ccc(CN(C)C(=O)CN2CCSCC2C(=O)O)o1. The molecule has 0 aromatic carbocycles. The van der Waals surface area contributed by atoms with Crippen molar-refractivity contribution in [3.05, 3.63) is 23.7 Å². The van der Waals surface area contributed by atoms with Crippen molar-refractivity contribution < 1.29 is 19.1 Å². The Hall–Kier alpha value is -1.47. The van der Waals surface area contributed by atoms with Gasteiger partial charge in [0.2, 0.25) is 5.91 Å². The largest absolute Gasteiger partial charge is 0.480 e. The van der Waals surface area contributed by atoms with Gasteiger partial charge in [0.1, 0.15) is 17.6 Å². The Morgan fingerprint density at radius 1 is 1.52 bits per heavy atom. The molecule has 7 heteroatoms. The Morgan fingerprint density at radius 2 is 2.29 bits per heavy atom. The predicted molar refractivity (Wildman–Crippen MR) is 80.2 cm³/mol. The summed E-state index contributed by atoms with van der Waals surface area (Å²) in [5, 5.41) is 9.20. The minimum absolute atomic E-state index is 0.0952. The van der Waals surface area contributed by atoms with Crippen molar-refractivity contribution in [2.45, 2.75) is 19.5 Å². The van der Waals surface area contributed by atoms with E-state index in [1.807, 2.05) is 19.1 Å². The third-order valence-electron chi connectivity index (χ3n) is 3.48. The number of likely N-dealkylation sites (N-methyl/N-ethyl adjacent to an activating group) is 1. The number of nitrogens with zero attached hydrogens (tertiary/aromatic N) is 2. The van der Waals surface area contributed by atoms with Gasteiger partial charge in [-0.05, 0) is 19.1 Å². The molecule has 1 fully saturated rings. The zero-order valence-electron chi connectivity index (χ0n) is 12.2. The maximum absolute atomic E-state index is 12.2. The van der Waals surface area contributed by atoms with E-state index in [4.69, 9.17) is 4.42 Å². The lowest BCUT2D eigenvalue weighted by Crippen LogP contribution is -2.51. The third kappa shape index (κ3) is 4.25. The van der Waals surface area contributed by atoms with Gasteiger partial charge in [0.05, 0.1) is 13.1 Å². The van der Waals surface area contributed by atoms with Gasteiger partial charge < -0.3 is 14.4 Å². The third-order valence-corrected chi connectivity index (χ3v) is 4.50. The number of aliphatic carboxylic acids is 1. The van der Waals surface area contributed by atoms with Crippen LogP contribution in [-0.2, 0) is 16.1 Å². The van der Waals surface area contributed by atoms with Crippen LogP contribution in [0, 0.1) is 6.92 Å². The first kappa shape index (κ1) is 15.9. The summed E-state index contributed by atoms with van der Waals surface area (Å²) in [4.78, 5) is 26.8. The van der Waals surface area contributed by atoms with E-state index in [9.17, 15) is 14.7 Å². The van der Waals surface area contributed by atoms with E-state index in [2.05, 4.69) is 0 Å². The van der Waals surface area contributed by atoms with E-state index in [1.54, 1.807) is 28.6 Å². The van der Waals surface area contributed by atoms with Crippen LogP contribution in [0.15, 0.2) is 16.5 Å². The van der Waals surface area contributed by atoms with E-state index < -0.39 is 12.0 Å². The number of hydrogen-bond donors (Lipinski definition) is 1. The summed E-state index contributed by atoms with van der Waals surface area (Å²) in [5.41, 5.74) is 0. The van der Waals surface area contributed by atoms with Gasteiger partial charge in [0.15, 0.2) is 0 Å². The molecule has 1 saturated heterocycles. The number of aryl methyl sites for hydroxylation is 1. The van der Waals surface area contributed by atoms with Crippen molar-refractivity contribution >= 4 is 23.6 Å². The Labute approximate surface area is 128 Å². The van der Waals surface area contributed by atoms with Gasteiger partial charge in [0, 0.05) is 25.1 Å². The first-order valence-corrected chi connectivity index (χ1v) is 7.96. The van der Waals surface area contributed by atoms with Gasteiger partial charge in [0.25, 0.3) is 0 Å². The molecule has 1 N–H and O–H groups in total. The molecule has 0 radical (unpaired) electrons. The van der Waals surface area contributed by atoms with Crippen molar-refractivity contribution in [3.63, 3.8) is 0 Å². The quantitative estimate of drug-likeness (QED) is 0.876. The molecule has 1 aromatic rings. The van der Waals surface area contributed by atoms with E-state index in [0.717, 1.165) is 17.3 Å². The highest BCUT2D eigenvalue weighted by molar-refractivity contribution is 7.99. The lowest BCUT2D eigenvalue weighted by Gasteiger charge is -2.32. The Balaban J connectivity index is 1.91. The van der Waals surface area contributed by atoms with Gasteiger partial charge in [-0.15, -0.1) is 0 Å². The number of furan rings is 1. The number of amides is 1. The molecule has 0 aliphatic carbocycles. The summed E-state index contributed by atoms with van der Waals surface area (Å²) in [7, 11) is 1.70. The van der Waals surface area contributed by atoms with Gasteiger partial charge >= 0.3 is 5.97 Å². The van der Waals surface area contributed by atoms with Crippen LogP contribution < -0.4 is 0 Å². The average molecular weight is 312 g/mol. The second-order valence-electron chi connectivity index (χ2n) is 5.16. The van der Waals surface area contributed by atoms with Crippen molar-refractivity contribution in [2.75, 3.05) is 31.6 Å². The second-order valence-corrected chi connectivity index (χ2v) is 6.31. The van der Waals surface area contributed by atoms with Crippen LogP contribution in [0.5, 0.6) is 0 Å². The molecule has 1 aromatic heterocycles.